The molecule has 1 aromatic carbocycles. The number of likely N-dealkylation sites (N-methyl/N-ethyl adjacent to an activating group) is 1. The highest BCUT2D eigenvalue weighted by molar-refractivity contribution is 9.10. The van der Waals surface area contributed by atoms with Crippen molar-refractivity contribution in [3.63, 3.8) is 0 Å². The monoisotopic (exact) mass is 354 g/mol. The molecule has 2 N–H and O–H groups in total. The van der Waals surface area contributed by atoms with Gasteiger partial charge in [-0.25, -0.2) is 13.1 Å². The quantitative estimate of drug-likeness (QED) is 0.824. The van der Waals surface area contributed by atoms with Crippen LogP contribution in [0.5, 0.6) is 0 Å². The molecule has 0 aliphatic carbocycles. The molecular formula is C11H16BrClN2O2S. The molecule has 4 nitrogen and oxygen atoms in total. The molecule has 0 unspecified atom stereocenters. The Bertz CT molecular complexity index is 508. The Balaban J connectivity index is 2.80. The third-order valence-electron chi connectivity index (χ3n) is 2.32. The van der Waals surface area contributed by atoms with E-state index in [0.29, 0.717) is 6.54 Å². The Morgan fingerprint density at radius 2 is 2.11 bits per heavy atom. The lowest BCUT2D eigenvalue weighted by Gasteiger charge is -2.14. The number of benzene rings is 1. The standard InChI is InChI=1S/C11H16BrClN2O2S/c1-3-14-8(2)7-15-18(16,17)11-5-4-9(12)6-10(11)13/h4-6,8,14-15H,3,7H2,1-2H3/t8-/m1/s1. The zero-order valence-corrected chi connectivity index (χ0v) is 13.4. The average Bonchev–Trinajstić information content (AvgIpc) is 2.26. The Hall–Kier alpha value is -0.140. The van der Waals surface area contributed by atoms with Crippen molar-refractivity contribution in [1.82, 2.24) is 10.0 Å². The van der Waals surface area contributed by atoms with Crippen molar-refractivity contribution in [1.29, 1.82) is 0 Å². The van der Waals surface area contributed by atoms with Crippen molar-refractivity contribution < 1.29 is 8.42 Å². The molecule has 7 heteroatoms. The molecular weight excluding hydrogens is 340 g/mol. The fraction of sp³-hybridized carbons (Fsp3) is 0.455. The van der Waals surface area contributed by atoms with E-state index in [4.69, 9.17) is 11.6 Å². The molecule has 1 atom stereocenters. The third kappa shape index (κ3) is 4.51. The van der Waals surface area contributed by atoms with Crippen molar-refractivity contribution >= 4 is 37.6 Å². The first-order chi connectivity index (χ1) is 8.36. The molecule has 0 heterocycles. The van der Waals surface area contributed by atoms with Gasteiger partial charge in [0.25, 0.3) is 0 Å². The van der Waals surface area contributed by atoms with Crippen LogP contribution in [0.3, 0.4) is 0 Å². The highest BCUT2D eigenvalue weighted by atomic mass is 79.9. The second-order valence-corrected chi connectivity index (χ2v) is 6.94. The van der Waals surface area contributed by atoms with Gasteiger partial charge in [0.2, 0.25) is 10.0 Å². The second kappa shape index (κ2) is 6.86. The summed E-state index contributed by atoms with van der Waals surface area (Å²) in [6, 6.07) is 4.75. The predicted molar refractivity (Wildman–Crippen MR) is 77.5 cm³/mol. The SMILES string of the molecule is CCN[C@H](C)CNS(=O)(=O)c1ccc(Br)cc1Cl. The van der Waals surface area contributed by atoms with Gasteiger partial charge in [-0.2, -0.15) is 0 Å². The van der Waals surface area contributed by atoms with E-state index < -0.39 is 10.0 Å². The Morgan fingerprint density at radius 3 is 2.67 bits per heavy atom. The molecule has 18 heavy (non-hydrogen) atoms. The molecule has 0 saturated carbocycles. The van der Waals surface area contributed by atoms with Gasteiger partial charge in [0.05, 0.1) is 5.02 Å². The summed E-state index contributed by atoms with van der Waals surface area (Å²) in [4.78, 5) is 0.0936. The van der Waals surface area contributed by atoms with E-state index in [1.807, 2.05) is 13.8 Å². The highest BCUT2D eigenvalue weighted by Crippen LogP contribution is 2.24. The smallest absolute Gasteiger partial charge is 0.242 e. The zero-order chi connectivity index (χ0) is 13.8. The van der Waals surface area contributed by atoms with Crippen LogP contribution in [-0.4, -0.2) is 27.5 Å². The van der Waals surface area contributed by atoms with Crippen LogP contribution in [0.2, 0.25) is 5.02 Å². The summed E-state index contributed by atoms with van der Waals surface area (Å²) < 4.78 is 27.3. The number of halogens is 2. The van der Waals surface area contributed by atoms with E-state index >= 15 is 0 Å². The second-order valence-electron chi connectivity index (χ2n) is 3.89. The average molecular weight is 356 g/mol. The summed E-state index contributed by atoms with van der Waals surface area (Å²) in [6.07, 6.45) is 0. The van der Waals surface area contributed by atoms with Crippen molar-refractivity contribution in [2.75, 3.05) is 13.1 Å². The highest BCUT2D eigenvalue weighted by Gasteiger charge is 2.18. The van der Waals surface area contributed by atoms with E-state index in [9.17, 15) is 8.42 Å². The lowest BCUT2D eigenvalue weighted by molar-refractivity contribution is 0.536. The number of rotatable bonds is 6. The van der Waals surface area contributed by atoms with Crippen LogP contribution >= 0.6 is 27.5 Å². The van der Waals surface area contributed by atoms with Crippen molar-refractivity contribution in [2.45, 2.75) is 24.8 Å². The molecule has 0 spiro atoms. The zero-order valence-electron chi connectivity index (χ0n) is 10.2. The number of nitrogens with one attached hydrogen (secondary N) is 2. The van der Waals surface area contributed by atoms with Crippen LogP contribution in [0.15, 0.2) is 27.6 Å². The van der Waals surface area contributed by atoms with Crippen LogP contribution in [0.1, 0.15) is 13.8 Å². The fourth-order valence-corrected chi connectivity index (χ4v) is 3.59. The lowest BCUT2D eigenvalue weighted by atomic mass is 10.3. The van der Waals surface area contributed by atoms with E-state index in [1.54, 1.807) is 12.1 Å². The minimum absolute atomic E-state index is 0.0685. The molecule has 1 rings (SSSR count). The maximum atomic E-state index is 12.0. The lowest BCUT2D eigenvalue weighted by Crippen LogP contribution is -2.38. The van der Waals surface area contributed by atoms with E-state index in [-0.39, 0.29) is 16.0 Å². The summed E-state index contributed by atoms with van der Waals surface area (Å²) >= 11 is 9.16. The summed E-state index contributed by atoms with van der Waals surface area (Å²) in [5, 5.41) is 3.33. The van der Waals surface area contributed by atoms with Gasteiger partial charge in [0.1, 0.15) is 4.90 Å². The Labute approximate surface area is 121 Å². The van der Waals surface area contributed by atoms with Gasteiger partial charge in [-0.05, 0) is 31.7 Å². The van der Waals surface area contributed by atoms with Gasteiger partial charge in [0.15, 0.2) is 0 Å². The molecule has 0 radical (unpaired) electrons. The molecule has 0 aliphatic heterocycles. The minimum atomic E-state index is -3.56. The molecule has 0 saturated heterocycles. The van der Waals surface area contributed by atoms with Crippen LogP contribution < -0.4 is 10.0 Å². The summed E-state index contributed by atoms with van der Waals surface area (Å²) in [6.45, 7) is 5.00. The van der Waals surface area contributed by atoms with E-state index in [0.717, 1.165) is 11.0 Å². The first kappa shape index (κ1) is 15.9. The normalized spacial score (nSPS) is 13.6. The third-order valence-corrected chi connectivity index (χ3v) is 4.72. The van der Waals surface area contributed by atoms with Crippen LogP contribution in [-0.2, 0) is 10.0 Å². The van der Waals surface area contributed by atoms with Gasteiger partial charge in [-0.3, -0.25) is 0 Å². The number of hydrogen-bond acceptors (Lipinski definition) is 3. The predicted octanol–water partition coefficient (Wildman–Crippen LogP) is 2.38. The first-order valence-electron chi connectivity index (χ1n) is 5.55. The topological polar surface area (TPSA) is 58.2 Å². The van der Waals surface area contributed by atoms with E-state index in [1.165, 1.54) is 6.07 Å². The summed E-state index contributed by atoms with van der Waals surface area (Å²) in [5.41, 5.74) is 0. The van der Waals surface area contributed by atoms with Crippen LogP contribution in [0.4, 0.5) is 0 Å². The van der Waals surface area contributed by atoms with Crippen molar-refractivity contribution in [3.05, 3.63) is 27.7 Å². The summed E-state index contributed by atoms with van der Waals surface area (Å²) in [7, 11) is -3.56. The Kier molecular flexibility index (Phi) is 6.07. The van der Waals surface area contributed by atoms with Gasteiger partial charge < -0.3 is 5.32 Å². The Morgan fingerprint density at radius 1 is 1.44 bits per heavy atom. The molecule has 0 aliphatic rings. The van der Waals surface area contributed by atoms with E-state index in [2.05, 4.69) is 26.0 Å². The molecule has 0 bridgehead atoms. The molecule has 0 amide bonds. The van der Waals surface area contributed by atoms with Gasteiger partial charge >= 0.3 is 0 Å². The minimum Gasteiger partial charge on any atom is -0.313 e. The van der Waals surface area contributed by atoms with Crippen molar-refractivity contribution in [3.8, 4) is 0 Å². The van der Waals surface area contributed by atoms with Gasteiger partial charge in [-0.15, -0.1) is 0 Å². The van der Waals surface area contributed by atoms with Crippen molar-refractivity contribution in [2.24, 2.45) is 0 Å². The number of sulfonamides is 1. The molecule has 1 aromatic rings. The maximum absolute atomic E-state index is 12.0. The number of hydrogen-bond donors (Lipinski definition) is 2. The molecule has 102 valence electrons. The van der Waals surface area contributed by atoms with Gasteiger partial charge in [-0.1, -0.05) is 34.5 Å². The molecule has 0 fully saturated rings. The van der Waals surface area contributed by atoms with Crippen LogP contribution in [0.25, 0.3) is 0 Å². The fourth-order valence-electron chi connectivity index (χ4n) is 1.43. The maximum Gasteiger partial charge on any atom is 0.242 e. The van der Waals surface area contributed by atoms with Crippen LogP contribution in [0, 0.1) is 0 Å². The molecule has 0 aromatic heterocycles. The first-order valence-corrected chi connectivity index (χ1v) is 8.20. The largest absolute Gasteiger partial charge is 0.313 e. The van der Waals surface area contributed by atoms with Gasteiger partial charge in [0, 0.05) is 17.1 Å². The summed E-state index contributed by atoms with van der Waals surface area (Å²) in [5.74, 6) is 0.